The maximum atomic E-state index is 12.6. The third-order valence-corrected chi connectivity index (χ3v) is 5.90. The number of carbonyl (C=O) groups is 1. The number of carbonyl (C=O) groups excluding carboxylic acids is 1. The first-order valence-corrected chi connectivity index (χ1v) is 10.2. The molecule has 1 N–H and O–H groups in total. The molecule has 0 saturated heterocycles. The summed E-state index contributed by atoms with van der Waals surface area (Å²) < 4.78 is 2.01. The molecular formula is C20H27N3OS. The second kappa shape index (κ2) is 9.09. The zero-order valence-corrected chi connectivity index (χ0v) is 15.7. The molecule has 1 saturated carbocycles. The summed E-state index contributed by atoms with van der Waals surface area (Å²) in [5, 5.41) is 4.24. The second-order valence-electron chi connectivity index (χ2n) is 6.83. The van der Waals surface area contributed by atoms with Crippen LogP contribution >= 0.6 is 11.8 Å². The number of aryl methyl sites for hydroxylation is 1. The highest BCUT2D eigenvalue weighted by Gasteiger charge is 2.15. The van der Waals surface area contributed by atoms with Crippen molar-refractivity contribution in [2.75, 3.05) is 0 Å². The first-order valence-electron chi connectivity index (χ1n) is 9.22. The normalized spacial score (nSPS) is 16.2. The van der Waals surface area contributed by atoms with Crippen molar-refractivity contribution in [3.8, 4) is 0 Å². The van der Waals surface area contributed by atoms with Crippen molar-refractivity contribution in [2.24, 2.45) is 7.05 Å². The zero-order valence-electron chi connectivity index (χ0n) is 14.9. The summed E-state index contributed by atoms with van der Waals surface area (Å²) in [4.78, 5) is 16.9. The second-order valence-corrected chi connectivity index (χ2v) is 7.77. The van der Waals surface area contributed by atoms with Gasteiger partial charge in [-0.15, -0.1) is 0 Å². The minimum atomic E-state index is 0.0643. The Labute approximate surface area is 154 Å². The Morgan fingerprint density at radius 3 is 2.72 bits per heavy atom. The number of benzene rings is 1. The van der Waals surface area contributed by atoms with Crippen molar-refractivity contribution < 1.29 is 4.79 Å². The molecule has 1 aromatic heterocycles. The number of hydrogen-bond donors (Lipinski definition) is 1. The molecule has 0 unspecified atom stereocenters. The van der Waals surface area contributed by atoms with Crippen LogP contribution in [0, 0.1) is 0 Å². The first-order chi connectivity index (χ1) is 12.2. The van der Waals surface area contributed by atoms with Crippen LogP contribution in [0.2, 0.25) is 0 Å². The highest BCUT2D eigenvalue weighted by molar-refractivity contribution is 7.98. The van der Waals surface area contributed by atoms with E-state index < -0.39 is 0 Å². The van der Waals surface area contributed by atoms with E-state index in [1.54, 1.807) is 18.0 Å². The average Bonchev–Trinajstić information content (AvgIpc) is 3.00. The van der Waals surface area contributed by atoms with Crippen molar-refractivity contribution in [2.45, 2.75) is 61.9 Å². The molecular weight excluding hydrogens is 330 g/mol. The van der Waals surface area contributed by atoms with Gasteiger partial charge in [-0.05, 0) is 30.5 Å². The van der Waals surface area contributed by atoms with Crippen LogP contribution in [0.1, 0.15) is 60.9 Å². The molecule has 1 aliphatic carbocycles. The minimum absolute atomic E-state index is 0.0643. The van der Waals surface area contributed by atoms with Gasteiger partial charge in [0.15, 0.2) is 5.16 Å². The fourth-order valence-corrected chi connectivity index (χ4v) is 4.19. The van der Waals surface area contributed by atoms with Gasteiger partial charge in [-0.2, -0.15) is 0 Å². The quantitative estimate of drug-likeness (QED) is 0.798. The maximum absolute atomic E-state index is 12.6. The lowest BCUT2D eigenvalue weighted by molar-refractivity contribution is 0.0930. The molecule has 25 heavy (non-hydrogen) atoms. The molecule has 0 spiro atoms. The highest BCUT2D eigenvalue weighted by Crippen LogP contribution is 2.21. The molecule has 4 nitrogen and oxygen atoms in total. The van der Waals surface area contributed by atoms with E-state index in [9.17, 15) is 4.79 Å². The lowest BCUT2D eigenvalue weighted by atomic mass is 9.96. The fourth-order valence-electron chi connectivity index (χ4n) is 3.31. The van der Waals surface area contributed by atoms with Crippen LogP contribution in [0.3, 0.4) is 0 Å². The van der Waals surface area contributed by atoms with Crippen molar-refractivity contribution in [3.05, 3.63) is 47.8 Å². The molecule has 0 bridgehead atoms. The van der Waals surface area contributed by atoms with Crippen LogP contribution in [0.15, 0.2) is 41.8 Å². The number of thioether (sulfide) groups is 1. The van der Waals surface area contributed by atoms with E-state index in [-0.39, 0.29) is 5.91 Å². The third kappa shape index (κ3) is 5.36. The van der Waals surface area contributed by atoms with E-state index in [2.05, 4.69) is 16.4 Å². The van der Waals surface area contributed by atoms with Crippen LogP contribution in [0.25, 0.3) is 0 Å². The SMILES string of the molecule is Cn1ccnc1SCc1cccc(C(=O)NC2CCCCCCC2)c1. The third-order valence-electron chi connectivity index (χ3n) is 4.77. The van der Waals surface area contributed by atoms with Crippen molar-refractivity contribution >= 4 is 17.7 Å². The maximum Gasteiger partial charge on any atom is 0.251 e. The number of nitrogens with zero attached hydrogens (tertiary/aromatic N) is 2. The summed E-state index contributed by atoms with van der Waals surface area (Å²) in [5.74, 6) is 0.879. The van der Waals surface area contributed by atoms with Gasteiger partial charge in [-0.25, -0.2) is 4.98 Å². The Kier molecular flexibility index (Phi) is 6.56. The molecule has 0 atom stereocenters. The zero-order chi connectivity index (χ0) is 17.5. The smallest absolute Gasteiger partial charge is 0.251 e. The Morgan fingerprint density at radius 2 is 2.00 bits per heavy atom. The summed E-state index contributed by atoms with van der Waals surface area (Å²) in [7, 11) is 1.99. The topological polar surface area (TPSA) is 46.9 Å². The van der Waals surface area contributed by atoms with Gasteiger partial charge in [0.1, 0.15) is 0 Å². The largest absolute Gasteiger partial charge is 0.349 e. The molecule has 0 aliphatic heterocycles. The van der Waals surface area contributed by atoms with Crippen molar-refractivity contribution in [1.82, 2.24) is 14.9 Å². The number of hydrogen-bond acceptors (Lipinski definition) is 3. The molecule has 1 aromatic carbocycles. The molecule has 5 heteroatoms. The standard InChI is InChI=1S/C20H27N3OS/c1-23-13-12-21-20(23)25-15-16-8-7-9-17(14-16)19(24)22-18-10-5-3-2-4-6-11-18/h7-9,12-14,18H,2-6,10-11,15H2,1H3,(H,22,24). The Hall–Kier alpha value is -1.75. The van der Waals surface area contributed by atoms with Crippen LogP contribution < -0.4 is 5.32 Å². The summed E-state index contributed by atoms with van der Waals surface area (Å²) >= 11 is 1.69. The monoisotopic (exact) mass is 357 g/mol. The van der Waals surface area contributed by atoms with Crippen LogP contribution in [0.4, 0.5) is 0 Å². The molecule has 134 valence electrons. The van der Waals surface area contributed by atoms with Crippen molar-refractivity contribution in [1.29, 1.82) is 0 Å². The highest BCUT2D eigenvalue weighted by atomic mass is 32.2. The van der Waals surface area contributed by atoms with Crippen LogP contribution in [-0.2, 0) is 12.8 Å². The minimum Gasteiger partial charge on any atom is -0.349 e. The van der Waals surface area contributed by atoms with E-state index in [1.165, 1.54) is 32.1 Å². The first kappa shape index (κ1) is 18.1. The predicted octanol–water partition coefficient (Wildman–Crippen LogP) is 4.56. The molecule has 1 heterocycles. The van der Waals surface area contributed by atoms with Gasteiger partial charge in [0.05, 0.1) is 0 Å². The lowest BCUT2D eigenvalue weighted by Crippen LogP contribution is -2.35. The summed E-state index contributed by atoms with van der Waals surface area (Å²) in [5.41, 5.74) is 1.92. The van der Waals surface area contributed by atoms with E-state index in [0.29, 0.717) is 6.04 Å². The number of nitrogens with one attached hydrogen (secondary N) is 1. The van der Waals surface area contributed by atoms with Gasteiger partial charge in [-0.1, -0.05) is 56.0 Å². The number of aromatic nitrogens is 2. The van der Waals surface area contributed by atoms with Gasteiger partial charge in [0, 0.05) is 36.8 Å². The molecule has 1 amide bonds. The Morgan fingerprint density at radius 1 is 1.24 bits per heavy atom. The molecule has 1 aliphatic rings. The molecule has 0 radical (unpaired) electrons. The van der Waals surface area contributed by atoms with E-state index >= 15 is 0 Å². The Balaban J connectivity index is 1.58. The summed E-state index contributed by atoms with van der Waals surface area (Å²) in [6.07, 6.45) is 12.4. The fraction of sp³-hybridized carbons (Fsp3) is 0.500. The number of amides is 1. The summed E-state index contributed by atoms with van der Waals surface area (Å²) in [6, 6.07) is 8.30. The van der Waals surface area contributed by atoms with Gasteiger partial charge in [0.2, 0.25) is 0 Å². The molecule has 1 fully saturated rings. The van der Waals surface area contributed by atoms with Gasteiger partial charge in [0.25, 0.3) is 5.91 Å². The van der Waals surface area contributed by atoms with E-state index in [4.69, 9.17) is 0 Å². The van der Waals surface area contributed by atoms with E-state index in [1.807, 2.05) is 36.0 Å². The predicted molar refractivity (Wildman–Crippen MR) is 103 cm³/mol. The van der Waals surface area contributed by atoms with Crippen molar-refractivity contribution in [3.63, 3.8) is 0 Å². The Bertz CT molecular complexity index is 690. The molecule has 3 rings (SSSR count). The van der Waals surface area contributed by atoms with Gasteiger partial charge < -0.3 is 9.88 Å². The lowest BCUT2D eigenvalue weighted by Gasteiger charge is -2.21. The van der Waals surface area contributed by atoms with E-state index in [0.717, 1.165) is 34.9 Å². The van der Waals surface area contributed by atoms with Gasteiger partial charge >= 0.3 is 0 Å². The molecule has 2 aromatic rings. The van der Waals surface area contributed by atoms with Crippen LogP contribution in [-0.4, -0.2) is 21.5 Å². The number of rotatable bonds is 5. The average molecular weight is 358 g/mol. The van der Waals surface area contributed by atoms with Crippen LogP contribution in [0.5, 0.6) is 0 Å². The van der Waals surface area contributed by atoms with Gasteiger partial charge in [-0.3, -0.25) is 4.79 Å². The summed E-state index contributed by atoms with van der Waals surface area (Å²) in [6.45, 7) is 0. The number of imidazole rings is 1.